The number of alkyl halides is 6. The van der Waals surface area contributed by atoms with Gasteiger partial charge in [0.15, 0.2) is 12.2 Å². The fourth-order valence-corrected chi connectivity index (χ4v) is 16.3. The molecule has 14 heterocycles. The lowest BCUT2D eigenvalue weighted by atomic mass is 9.49. The van der Waals surface area contributed by atoms with Gasteiger partial charge in [-0.1, -0.05) is 41.4 Å². The molecule has 0 unspecified atom stereocenters. The van der Waals surface area contributed by atoms with Crippen molar-refractivity contribution in [1.29, 1.82) is 0 Å². The Morgan fingerprint density at radius 3 is 1.18 bits per heavy atom. The van der Waals surface area contributed by atoms with Crippen molar-refractivity contribution in [1.82, 2.24) is 49.2 Å². The van der Waals surface area contributed by atoms with Gasteiger partial charge in [-0.15, -0.1) is 12.4 Å². The topological polar surface area (TPSA) is 314 Å². The number of rotatable bonds is 11. The molecule has 784 valence electrons. The number of nitrogens with two attached hydrogens (primary N) is 3. The van der Waals surface area contributed by atoms with Crippen LogP contribution in [0.5, 0.6) is 0 Å². The zero-order valence-corrected chi connectivity index (χ0v) is 88.4. The van der Waals surface area contributed by atoms with Gasteiger partial charge >= 0.3 is 39.5 Å². The number of aryl methyl sites for hydroxylation is 7. The largest absolute Gasteiger partial charge is 0.495 e. The molecule has 2 atom stereocenters. The lowest BCUT2D eigenvalue weighted by Gasteiger charge is -2.33. The van der Waals surface area contributed by atoms with Gasteiger partial charge in [0.1, 0.15) is 40.7 Å². The first-order valence-electron chi connectivity index (χ1n) is 47.3. The molecule has 8 fully saturated rings. The summed E-state index contributed by atoms with van der Waals surface area (Å²) in [6.45, 7) is 43.2. The van der Waals surface area contributed by atoms with E-state index in [-0.39, 0.29) is 89.6 Å². The van der Waals surface area contributed by atoms with Crippen LogP contribution < -0.4 is 42.7 Å². The predicted octanol–water partition coefficient (Wildman–Crippen LogP) is 19.5. The Bertz CT molecular complexity index is 5850. The molecule has 0 spiro atoms. The van der Waals surface area contributed by atoms with Crippen LogP contribution in [-0.4, -0.2) is 240 Å². The number of nitrogens with one attached hydrogen (secondary N) is 1. The van der Waals surface area contributed by atoms with E-state index in [0.717, 1.165) is 140 Å². The highest BCUT2D eigenvalue weighted by Gasteiger charge is 2.64. The quantitative estimate of drug-likeness (QED) is 0.0531. The van der Waals surface area contributed by atoms with E-state index < -0.39 is 86.9 Å². The molecule has 10 aromatic rings. The third-order valence-corrected chi connectivity index (χ3v) is 27.2. The number of urea groups is 1. The standard InChI is InChI=1S/C26H28F4N6O3.C20H22FN5O.C13H19BFNO2.C13H15ClN4O.C12H24B2O4.C7H7BrFN.C6H9F3O.C2H6.ClH/c1-16-9-20(27)22(33-25(37)36-5-8-39-23(15-36)26(28,29)30)12-19(16)17-10-21(18-13-31-34(2)14-18)32-24(11-17)35-3-6-38-7-4-35;1-13-7-17(21)18(22)10-16(13)14-8-19(15-11-23-25(2)12-15)24-20(9-14)26-3-5-27-6-4-26;1-8-6-10(15)11(16)7-9(8)14-17-12(2,3)13(4,5)18-14;1-17-9-10(8-15-17)12-6-11(14)7-13(16-12)18-2-4-19-5-3-18;1-9(2)10(3,4)16-13(15-9)14-17-11(5,6)12(7,8)18-14;1-4-2-6(9)7(10)3-5(4)8;7-6(8,9)5-3-1-2-4-10-5;1-2;/h9-14,23H,3-8,15H2,1-2H3,(H,33,37);7-12H,3-6,22H2,1-2H3;6-7H,16H2,1-5H3;6-9H,2-5H2,1H3;1-8H3;2-3H,10H2,1H3;5H,1-4H2;1-2H3;1H/t23-;;;;;;5-;;/m0.....0../s1. The summed E-state index contributed by atoms with van der Waals surface area (Å²) in [4.78, 5) is 34.6. The van der Waals surface area contributed by atoms with E-state index >= 15 is 0 Å². The second-order valence-corrected chi connectivity index (χ2v) is 39.7. The van der Waals surface area contributed by atoms with Crippen LogP contribution >= 0.6 is 39.9 Å². The number of halogens is 13. The number of hydrogen-bond donors (Lipinski definition) is 4. The minimum atomic E-state index is -4.60. The Balaban J connectivity index is 0.000000180. The van der Waals surface area contributed by atoms with E-state index in [1.165, 1.54) is 30.3 Å². The van der Waals surface area contributed by atoms with Crippen molar-refractivity contribution in [2.45, 2.75) is 202 Å². The zero-order valence-electron chi connectivity index (χ0n) is 85.3. The van der Waals surface area contributed by atoms with Crippen LogP contribution in [0.1, 0.15) is 138 Å². The van der Waals surface area contributed by atoms with Gasteiger partial charge in [-0.05, 0) is 265 Å². The number of benzene rings is 4. The average molecular weight is 2120 g/mol. The number of pyridine rings is 3. The van der Waals surface area contributed by atoms with Crippen molar-refractivity contribution in [3.8, 4) is 56.0 Å². The molecule has 18 rings (SSSR count). The van der Waals surface area contributed by atoms with Gasteiger partial charge < -0.3 is 93.7 Å². The second-order valence-electron chi connectivity index (χ2n) is 38.4. The highest BCUT2D eigenvalue weighted by molar-refractivity contribution is 9.10. The lowest BCUT2D eigenvalue weighted by molar-refractivity contribution is -0.233. The summed E-state index contributed by atoms with van der Waals surface area (Å²) < 4.78 is 197. The number of morpholine rings is 4. The number of ether oxygens (including phenoxy) is 5. The van der Waals surface area contributed by atoms with Crippen LogP contribution in [0.25, 0.3) is 56.0 Å². The van der Waals surface area contributed by atoms with Crippen LogP contribution in [-0.2, 0) is 72.8 Å². The Kier molecular flexibility index (Phi) is 39.4. The second kappa shape index (κ2) is 48.9. The molecule has 0 aliphatic carbocycles. The highest BCUT2D eigenvalue weighted by atomic mass is 79.9. The van der Waals surface area contributed by atoms with Gasteiger partial charge in [0.05, 0.1) is 145 Å². The molecular formula is C99H131B3BrCl2F10N17O12. The molecule has 144 heavy (non-hydrogen) atoms. The number of nitrogens with zero attached hydrogens (tertiary/aromatic N) is 13. The van der Waals surface area contributed by atoms with Gasteiger partial charge in [0.2, 0.25) is 0 Å². The van der Waals surface area contributed by atoms with Gasteiger partial charge in [0.25, 0.3) is 0 Å². The van der Waals surface area contributed by atoms with Crippen molar-refractivity contribution >= 4 is 113 Å². The van der Waals surface area contributed by atoms with Gasteiger partial charge in [0, 0.05) is 118 Å². The number of hydrogen-bond acceptors (Lipinski definition) is 24. The lowest BCUT2D eigenvalue weighted by Crippen LogP contribution is -2.52. The molecule has 4 aromatic carbocycles. The summed E-state index contributed by atoms with van der Waals surface area (Å²) in [7, 11) is 4.11. The summed E-state index contributed by atoms with van der Waals surface area (Å²) in [5, 5.41) is 15.8. The molecule has 8 aliphatic rings. The SMILES string of the molecule is CC.CC1(C)OB(B2OC(C)(C)C(C)(C)O2)OC1(C)C.Cc1cc(F)c(N)cc1-c1cc(-c2cnn(C)c2)nc(N2CCOCC2)c1.Cc1cc(F)c(N)cc1B1OC(C)(C)C(C)(C)O1.Cc1cc(F)c(N)cc1Br.Cc1cc(F)c(NC(=O)N2CCO[C@H](C(F)(F)F)C2)cc1-c1cc(-c2cnn(C)c2)nc(N2CCOCC2)c1.Cl.Cn1cc(-c2cc(Cl)cc(N3CCOCC3)n2)cn1.FC(F)(F)[C@@H]1CCCCO1. The monoisotopic (exact) mass is 2120 g/mol. The van der Waals surface area contributed by atoms with E-state index in [1.54, 1.807) is 64.8 Å². The average Bonchev–Trinajstić information content (AvgIpc) is 1.59. The maximum absolute atomic E-state index is 15.0. The van der Waals surface area contributed by atoms with E-state index in [0.29, 0.717) is 67.8 Å². The molecule has 45 heteroatoms. The fourth-order valence-electron chi connectivity index (χ4n) is 15.7. The van der Waals surface area contributed by atoms with E-state index in [2.05, 4.69) is 61.0 Å². The first-order valence-corrected chi connectivity index (χ1v) is 48.5. The highest BCUT2D eigenvalue weighted by Crippen LogP contribution is 2.45. The molecule has 0 radical (unpaired) electrons. The molecule has 29 nitrogen and oxygen atoms in total. The molecule has 0 saturated carbocycles. The molecule has 2 amide bonds. The number of amides is 2. The van der Waals surface area contributed by atoms with E-state index in [9.17, 15) is 48.7 Å². The Morgan fingerprint density at radius 1 is 0.438 bits per heavy atom. The fraction of sp³-hybridized carbons (Fsp3) is 0.505. The Labute approximate surface area is 856 Å². The molecular weight excluding hydrogens is 1990 g/mol. The summed E-state index contributed by atoms with van der Waals surface area (Å²) >= 11 is 9.43. The number of anilines is 7. The first kappa shape index (κ1) is 116. The minimum absolute atomic E-state index is 0. The number of aromatic nitrogens is 9. The van der Waals surface area contributed by atoms with Crippen LogP contribution in [0.15, 0.2) is 127 Å². The molecule has 8 saturated heterocycles. The smallest absolute Gasteiger partial charge is 0.405 e. The Morgan fingerprint density at radius 2 is 0.799 bits per heavy atom. The predicted molar refractivity (Wildman–Crippen MR) is 549 cm³/mol. The van der Waals surface area contributed by atoms with Gasteiger partial charge in [-0.3, -0.25) is 14.0 Å². The first-order chi connectivity index (χ1) is 67.0. The molecule has 0 bridgehead atoms. The van der Waals surface area contributed by atoms with Crippen molar-refractivity contribution in [3.05, 3.63) is 177 Å². The van der Waals surface area contributed by atoms with Crippen molar-refractivity contribution in [3.63, 3.8) is 0 Å². The number of carbonyl (C=O) groups is 1. The summed E-state index contributed by atoms with van der Waals surface area (Å²) in [6, 6.07) is 22.6. The van der Waals surface area contributed by atoms with Crippen molar-refractivity contribution < 1.29 is 100 Å². The summed E-state index contributed by atoms with van der Waals surface area (Å²) in [5.74, 6) is 0.627. The van der Waals surface area contributed by atoms with E-state index in [4.69, 9.17) is 85.6 Å². The molecule has 7 N–H and O–H groups in total. The normalized spacial score (nSPS) is 19.2. The summed E-state index contributed by atoms with van der Waals surface area (Å²) in [5.41, 5.74) is 26.9. The van der Waals surface area contributed by atoms with Gasteiger partial charge in [-0.25, -0.2) is 37.3 Å². The van der Waals surface area contributed by atoms with Gasteiger partial charge in [-0.2, -0.15) is 41.6 Å². The van der Waals surface area contributed by atoms with Crippen LogP contribution in [0.4, 0.5) is 88.9 Å². The van der Waals surface area contributed by atoms with Crippen LogP contribution in [0, 0.1) is 51.0 Å². The summed E-state index contributed by atoms with van der Waals surface area (Å²) in [6.07, 6.45) is 0.168. The van der Waals surface area contributed by atoms with Crippen LogP contribution in [0.3, 0.4) is 0 Å². The zero-order chi connectivity index (χ0) is 105. The van der Waals surface area contributed by atoms with Crippen molar-refractivity contribution in [2.24, 2.45) is 21.1 Å². The third-order valence-electron chi connectivity index (χ3n) is 26.1. The van der Waals surface area contributed by atoms with E-state index in [1.807, 2.05) is 187 Å². The maximum atomic E-state index is 15.0. The van der Waals surface area contributed by atoms with Crippen molar-refractivity contribution in [2.75, 3.05) is 142 Å². The molecule has 8 aliphatic heterocycles. The Hall–Kier alpha value is -9.86. The number of nitrogen functional groups attached to an aromatic ring is 3. The number of carbonyl (C=O) groups excluding carboxylic acids is 1. The van der Waals surface area contributed by atoms with Crippen LogP contribution in [0.2, 0.25) is 5.02 Å². The minimum Gasteiger partial charge on any atom is -0.405 e. The molecule has 6 aromatic heterocycles. The third kappa shape index (κ3) is 29.8. The maximum Gasteiger partial charge on any atom is 0.495 e.